The molecule has 1 aromatic carbocycles. The lowest BCUT2D eigenvalue weighted by molar-refractivity contribution is -0.384. The smallest absolute Gasteiger partial charge is 0.269 e. The zero-order valence-corrected chi connectivity index (χ0v) is 14.6. The molecule has 0 spiro atoms. The van der Waals surface area contributed by atoms with Crippen molar-refractivity contribution < 1.29 is 4.92 Å². The maximum atomic E-state index is 12.9. The summed E-state index contributed by atoms with van der Waals surface area (Å²) in [6.07, 6.45) is 5.80. The predicted molar refractivity (Wildman–Crippen MR) is 98.1 cm³/mol. The number of hydrogen-bond donors (Lipinski definition) is 0. The van der Waals surface area contributed by atoms with Crippen molar-refractivity contribution in [1.82, 2.24) is 9.55 Å². The number of rotatable bonds is 4. The van der Waals surface area contributed by atoms with Crippen LogP contribution in [0.25, 0.3) is 10.2 Å². The number of fused-ring (bicyclic) bond motifs is 1. The van der Waals surface area contributed by atoms with Crippen molar-refractivity contribution in [2.24, 2.45) is 0 Å². The van der Waals surface area contributed by atoms with Crippen LogP contribution in [0.2, 0.25) is 0 Å². The second-order valence-electron chi connectivity index (χ2n) is 5.69. The molecule has 0 unspecified atom stereocenters. The first-order valence-electron chi connectivity index (χ1n) is 7.58. The van der Waals surface area contributed by atoms with Crippen LogP contribution in [0.4, 0.5) is 5.69 Å². The topological polar surface area (TPSA) is 78.0 Å². The molecule has 0 N–H and O–H groups in total. The van der Waals surface area contributed by atoms with Crippen molar-refractivity contribution >= 4 is 27.2 Å². The van der Waals surface area contributed by atoms with Gasteiger partial charge in [0.25, 0.3) is 11.2 Å². The maximum absolute atomic E-state index is 12.9. The number of aryl methyl sites for hydroxylation is 2. The van der Waals surface area contributed by atoms with E-state index in [4.69, 9.17) is 6.42 Å². The molecule has 0 saturated heterocycles. The molecule has 0 radical (unpaired) electrons. The summed E-state index contributed by atoms with van der Waals surface area (Å²) < 4.78 is 1.50. The van der Waals surface area contributed by atoms with E-state index in [1.807, 2.05) is 13.8 Å². The summed E-state index contributed by atoms with van der Waals surface area (Å²) >= 11 is 1.49. The molecule has 6 nitrogen and oxygen atoms in total. The number of nitro benzene ring substituents is 1. The minimum Gasteiger partial charge on any atom is -0.284 e. The first-order chi connectivity index (χ1) is 11.9. The fourth-order valence-corrected chi connectivity index (χ4v) is 3.72. The summed E-state index contributed by atoms with van der Waals surface area (Å²) in [5, 5.41) is 11.4. The number of benzene rings is 1. The Kier molecular flexibility index (Phi) is 4.38. The van der Waals surface area contributed by atoms with Gasteiger partial charge in [-0.25, -0.2) is 4.98 Å². The van der Waals surface area contributed by atoms with Gasteiger partial charge in [0, 0.05) is 23.4 Å². The van der Waals surface area contributed by atoms with Crippen LogP contribution in [0.5, 0.6) is 0 Å². The molecule has 2 aromatic heterocycles. The van der Waals surface area contributed by atoms with E-state index in [0.29, 0.717) is 22.5 Å². The summed E-state index contributed by atoms with van der Waals surface area (Å²) in [7, 11) is 0. The Bertz CT molecular complexity index is 1070. The summed E-state index contributed by atoms with van der Waals surface area (Å²) in [6.45, 7) is 4.01. The number of thiophene rings is 1. The predicted octanol–water partition coefficient (Wildman–Crippen LogP) is 3.21. The van der Waals surface area contributed by atoms with Crippen LogP contribution < -0.4 is 5.56 Å². The number of aromatic nitrogens is 2. The van der Waals surface area contributed by atoms with Gasteiger partial charge in [-0.05, 0) is 25.0 Å². The van der Waals surface area contributed by atoms with E-state index in [2.05, 4.69) is 10.9 Å². The van der Waals surface area contributed by atoms with Gasteiger partial charge in [-0.1, -0.05) is 18.1 Å². The lowest BCUT2D eigenvalue weighted by atomic mass is 10.1. The third-order valence-corrected chi connectivity index (χ3v) is 5.23. The number of non-ortho nitro benzene ring substituents is 1. The molecule has 0 aliphatic carbocycles. The number of hydrogen-bond acceptors (Lipinski definition) is 5. The van der Waals surface area contributed by atoms with Gasteiger partial charge in [0.1, 0.15) is 10.7 Å². The van der Waals surface area contributed by atoms with Gasteiger partial charge in [0.05, 0.1) is 16.9 Å². The SMILES string of the molecule is C#CCn1c(Cc2ccc([N+](=O)[O-])cc2)nc2sc(C)c(C)c2c1=O. The average molecular weight is 353 g/mol. The van der Waals surface area contributed by atoms with Crippen LogP contribution in [0.1, 0.15) is 21.8 Å². The zero-order valence-electron chi connectivity index (χ0n) is 13.8. The van der Waals surface area contributed by atoms with Gasteiger partial charge in [-0.3, -0.25) is 19.5 Å². The highest BCUT2D eigenvalue weighted by Crippen LogP contribution is 2.26. The van der Waals surface area contributed by atoms with Gasteiger partial charge in [0.15, 0.2) is 0 Å². The van der Waals surface area contributed by atoms with Crippen LogP contribution >= 0.6 is 11.3 Å². The lowest BCUT2D eigenvalue weighted by Gasteiger charge is -2.10. The normalized spacial score (nSPS) is 10.8. The molecule has 0 bridgehead atoms. The van der Waals surface area contributed by atoms with Crippen molar-refractivity contribution in [1.29, 1.82) is 0 Å². The average Bonchev–Trinajstić information content (AvgIpc) is 2.86. The fraction of sp³-hybridized carbons (Fsp3) is 0.222. The van der Waals surface area contributed by atoms with Crippen molar-refractivity contribution in [3.8, 4) is 12.3 Å². The van der Waals surface area contributed by atoms with Gasteiger partial charge < -0.3 is 0 Å². The Balaban J connectivity index is 2.11. The van der Waals surface area contributed by atoms with Gasteiger partial charge in [-0.15, -0.1) is 17.8 Å². The summed E-state index contributed by atoms with van der Waals surface area (Å²) in [6, 6.07) is 6.22. The van der Waals surface area contributed by atoms with E-state index in [9.17, 15) is 14.9 Å². The van der Waals surface area contributed by atoms with Crippen molar-refractivity contribution in [2.75, 3.05) is 0 Å². The van der Waals surface area contributed by atoms with Crippen molar-refractivity contribution in [2.45, 2.75) is 26.8 Å². The highest BCUT2D eigenvalue weighted by Gasteiger charge is 2.16. The zero-order chi connectivity index (χ0) is 18.1. The van der Waals surface area contributed by atoms with E-state index in [1.54, 1.807) is 12.1 Å². The molecule has 3 rings (SSSR count). The van der Waals surface area contributed by atoms with Crippen LogP contribution in [0, 0.1) is 36.3 Å². The number of terminal acetylenes is 1. The van der Waals surface area contributed by atoms with E-state index in [1.165, 1.54) is 28.0 Å². The lowest BCUT2D eigenvalue weighted by Crippen LogP contribution is -2.25. The Morgan fingerprint density at radius 2 is 2.00 bits per heavy atom. The molecule has 7 heteroatoms. The molecule has 0 amide bonds. The van der Waals surface area contributed by atoms with Crippen LogP contribution in [0.3, 0.4) is 0 Å². The Labute approximate surface area is 147 Å². The number of nitro groups is 1. The Hall–Kier alpha value is -2.98. The van der Waals surface area contributed by atoms with Gasteiger partial charge in [0.2, 0.25) is 0 Å². The molecule has 0 atom stereocenters. The fourth-order valence-electron chi connectivity index (χ4n) is 2.68. The van der Waals surface area contributed by atoms with Gasteiger partial charge >= 0.3 is 0 Å². The first kappa shape index (κ1) is 16.9. The molecular formula is C18H15N3O3S. The summed E-state index contributed by atoms with van der Waals surface area (Å²) in [5.74, 6) is 3.06. The van der Waals surface area contributed by atoms with E-state index in [0.717, 1.165) is 16.0 Å². The van der Waals surface area contributed by atoms with E-state index in [-0.39, 0.29) is 17.8 Å². The van der Waals surface area contributed by atoms with E-state index < -0.39 is 4.92 Å². The Morgan fingerprint density at radius 1 is 1.32 bits per heavy atom. The largest absolute Gasteiger partial charge is 0.284 e. The first-order valence-corrected chi connectivity index (χ1v) is 8.40. The van der Waals surface area contributed by atoms with Crippen LogP contribution in [-0.2, 0) is 13.0 Å². The second kappa shape index (κ2) is 6.49. The molecule has 2 heterocycles. The molecule has 0 aliphatic heterocycles. The van der Waals surface area contributed by atoms with Crippen LogP contribution in [-0.4, -0.2) is 14.5 Å². The quantitative estimate of drug-likeness (QED) is 0.410. The highest BCUT2D eigenvalue weighted by molar-refractivity contribution is 7.18. The van der Waals surface area contributed by atoms with Crippen molar-refractivity contribution in [3.63, 3.8) is 0 Å². The van der Waals surface area contributed by atoms with Crippen molar-refractivity contribution in [3.05, 3.63) is 66.6 Å². The molecule has 0 fully saturated rings. The van der Waals surface area contributed by atoms with Crippen LogP contribution in [0.15, 0.2) is 29.1 Å². The second-order valence-corrected chi connectivity index (χ2v) is 6.89. The molecular weight excluding hydrogens is 338 g/mol. The molecule has 126 valence electrons. The molecule has 3 aromatic rings. The standard InChI is InChI=1S/C18H15N3O3S/c1-4-9-20-15(10-13-5-7-14(8-6-13)21(23)24)19-17-16(18(20)22)11(2)12(3)25-17/h1,5-8H,9-10H2,2-3H3. The van der Waals surface area contributed by atoms with Gasteiger partial charge in [-0.2, -0.15) is 0 Å². The Morgan fingerprint density at radius 3 is 2.60 bits per heavy atom. The number of nitrogens with zero attached hydrogens (tertiary/aromatic N) is 3. The van der Waals surface area contributed by atoms with E-state index >= 15 is 0 Å². The highest BCUT2D eigenvalue weighted by atomic mass is 32.1. The molecule has 0 saturated carbocycles. The minimum atomic E-state index is -0.445. The summed E-state index contributed by atoms with van der Waals surface area (Å²) in [5.41, 5.74) is 1.65. The molecule has 0 aliphatic rings. The third-order valence-electron chi connectivity index (χ3n) is 4.13. The molecule has 25 heavy (non-hydrogen) atoms. The monoisotopic (exact) mass is 353 g/mol. The maximum Gasteiger partial charge on any atom is 0.269 e. The summed E-state index contributed by atoms with van der Waals surface area (Å²) in [4.78, 5) is 29.6. The third kappa shape index (κ3) is 3.04. The minimum absolute atomic E-state index is 0.0256.